The Morgan fingerprint density at radius 2 is 2.10 bits per heavy atom. The van der Waals surface area contributed by atoms with Crippen molar-refractivity contribution in [3.8, 4) is 0 Å². The van der Waals surface area contributed by atoms with Crippen LogP contribution >= 0.6 is 11.8 Å². The molecule has 2 heterocycles. The van der Waals surface area contributed by atoms with Gasteiger partial charge in [-0.15, -0.1) is 11.8 Å². The van der Waals surface area contributed by atoms with E-state index in [0.29, 0.717) is 24.0 Å². The van der Waals surface area contributed by atoms with Crippen LogP contribution in [-0.2, 0) is 5.75 Å². The summed E-state index contributed by atoms with van der Waals surface area (Å²) in [6, 6.07) is 3.32. The van der Waals surface area contributed by atoms with Gasteiger partial charge in [0.25, 0.3) is 5.56 Å². The van der Waals surface area contributed by atoms with E-state index in [2.05, 4.69) is 15.3 Å². The highest BCUT2D eigenvalue weighted by Gasteiger charge is 2.31. The Balaban J connectivity index is 1.49. The maximum atomic E-state index is 14.5. The van der Waals surface area contributed by atoms with Gasteiger partial charge in [-0.1, -0.05) is 12.8 Å². The van der Waals surface area contributed by atoms with E-state index in [-0.39, 0.29) is 35.0 Å². The number of aromatic amines is 1. The number of nitrogens with zero attached hydrogens (tertiary/aromatic N) is 2. The number of H-pyrrole nitrogens is 1. The smallest absolute Gasteiger partial charge is 0.407 e. The predicted octanol–water partition coefficient (Wildman–Crippen LogP) is 3.74. The number of hydrogen-bond donors (Lipinski definition) is 3. The average Bonchev–Trinajstić information content (AvgIpc) is 3.19. The van der Waals surface area contributed by atoms with Gasteiger partial charge in [-0.25, -0.2) is 18.6 Å². The molecule has 0 spiro atoms. The number of benzene rings is 1. The van der Waals surface area contributed by atoms with Crippen LogP contribution in [0.5, 0.6) is 0 Å². The van der Waals surface area contributed by atoms with E-state index in [4.69, 9.17) is 5.11 Å². The van der Waals surface area contributed by atoms with Gasteiger partial charge < -0.3 is 20.3 Å². The number of piperidine rings is 1. The van der Waals surface area contributed by atoms with Crippen LogP contribution in [-0.4, -0.2) is 56.6 Å². The van der Waals surface area contributed by atoms with Crippen molar-refractivity contribution in [2.45, 2.75) is 55.3 Å². The van der Waals surface area contributed by atoms with Crippen LogP contribution in [0.3, 0.4) is 0 Å². The predicted molar refractivity (Wildman–Crippen MR) is 112 cm³/mol. The average molecular weight is 439 g/mol. The molecule has 1 saturated carbocycles. The highest BCUT2D eigenvalue weighted by atomic mass is 32.2. The normalized spacial score (nSPS) is 22.5. The number of anilines is 1. The Morgan fingerprint density at radius 3 is 2.80 bits per heavy atom. The molecule has 0 radical (unpaired) electrons. The zero-order valence-electron chi connectivity index (χ0n) is 16.4. The third-order valence-corrected chi connectivity index (χ3v) is 7.12. The van der Waals surface area contributed by atoms with Gasteiger partial charge in [0, 0.05) is 23.5 Å². The fraction of sp³-hybridized carbons (Fsp3) is 0.550. The quantitative estimate of drug-likeness (QED) is 0.658. The van der Waals surface area contributed by atoms with E-state index in [9.17, 15) is 18.4 Å². The van der Waals surface area contributed by atoms with Crippen LogP contribution in [0.4, 0.5) is 19.3 Å². The van der Waals surface area contributed by atoms with E-state index in [1.54, 1.807) is 6.07 Å². The van der Waals surface area contributed by atoms with Crippen molar-refractivity contribution in [1.29, 1.82) is 0 Å². The summed E-state index contributed by atoms with van der Waals surface area (Å²) >= 11 is 1.29. The largest absolute Gasteiger partial charge is 0.465 e. The number of hydrogen-bond acceptors (Lipinski definition) is 5. The number of fused-ring (bicyclic) bond motifs is 1. The van der Waals surface area contributed by atoms with Gasteiger partial charge in [0.05, 0.1) is 17.8 Å². The number of rotatable bonds is 5. The summed E-state index contributed by atoms with van der Waals surface area (Å²) < 4.78 is 28.9. The van der Waals surface area contributed by atoms with Crippen LogP contribution in [0.2, 0.25) is 0 Å². The third kappa shape index (κ3) is 4.53. The van der Waals surface area contributed by atoms with Gasteiger partial charge in [0.2, 0.25) is 0 Å². The van der Waals surface area contributed by atoms with Gasteiger partial charge >= 0.3 is 6.09 Å². The van der Waals surface area contributed by atoms with Crippen molar-refractivity contribution >= 4 is 34.4 Å². The highest BCUT2D eigenvalue weighted by Crippen LogP contribution is 2.29. The maximum absolute atomic E-state index is 14.5. The number of carboxylic acid groups (broad SMARTS) is 1. The minimum absolute atomic E-state index is 0.0844. The molecule has 2 atom stereocenters. The molecule has 162 valence electrons. The molecule has 0 bridgehead atoms. The van der Waals surface area contributed by atoms with E-state index in [0.717, 1.165) is 30.6 Å². The SMILES string of the molecule is O=C(O)N1CCC(SCc2nc3cc(NC4CCCC4)cc(F)c3c(=O)[nH]2)C(F)C1. The lowest BCUT2D eigenvalue weighted by molar-refractivity contribution is 0.110. The topological polar surface area (TPSA) is 98.3 Å². The molecular weight excluding hydrogens is 414 g/mol. The van der Waals surface area contributed by atoms with Gasteiger partial charge in [0.15, 0.2) is 0 Å². The van der Waals surface area contributed by atoms with Crippen LogP contribution in [0, 0.1) is 5.82 Å². The molecule has 7 nitrogen and oxygen atoms in total. The lowest BCUT2D eigenvalue weighted by atomic mass is 10.1. The van der Waals surface area contributed by atoms with Crippen LogP contribution in [0.25, 0.3) is 10.9 Å². The zero-order chi connectivity index (χ0) is 21.3. The van der Waals surface area contributed by atoms with Crippen molar-refractivity contribution in [2.24, 2.45) is 0 Å². The Hall–Kier alpha value is -2.36. The lowest BCUT2D eigenvalue weighted by Gasteiger charge is -2.32. The number of carbonyl (C=O) groups is 1. The maximum Gasteiger partial charge on any atom is 0.407 e. The van der Waals surface area contributed by atoms with Gasteiger partial charge in [0.1, 0.15) is 23.2 Å². The van der Waals surface area contributed by atoms with Crippen LogP contribution in [0.15, 0.2) is 16.9 Å². The summed E-state index contributed by atoms with van der Waals surface area (Å²) in [6.45, 7) is 0.118. The van der Waals surface area contributed by atoms with Gasteiger partial charge in [-0.05, 0) is 31.4 Å². The highest BCUT2D eigenvalue weighted by molar-refractivity contribution is 7.99. The molecule has 30 heavy (non-hydrogen) atoms. The second-order valence-corrected chi connectivity index (χ2v) is 9.10. The summed E-state index contributed by atoms with van der Waals surface area (Å²) in [7, 11) is 0. The molecule has 1 saturated heterocycles. The Morgan fingerprint density at radius 1 is 1.33 bits per heavy atom. The molecule has 1 aromatic carbocycles. The first kappa shape index (κ1) is 20.9. The van der Waals surface area contributed by atoms with E-state index >= 15 is 0 Å². The number of thioether (sulfide) groups is 1. The molecule has 1 aliphatic carbocycles. The third-order valence-electron chi connectivity index (χ3n) is 5.72. The second kappa shape index (κ2) is 8.79. The summed E-state index contributed by atoms with van der Waals surface area (Å²) in [6.07, 6.45) is 2.35. The minimum atomic E-state index is -1.29. The van der Waals surface area contributed by atoms with Crippen LogP contribution in [0.1, 0.15) is 37.9 Å². The first-order chi connectivity index (χ1) is 14.4. The number of aromatic nitrogens is 2. The number of amides is 1. The summed E-state index contributed by atoms with van der Waals surface area (Å²) in [4.78, 5) is 31.4. The molecule has 2 fully saturated rings. The molecule has 2 unspecified atom stereocenters. The molecule has 10 heteroatoms. The monoisotopic (exact) mass is 438 g/mol. The minimum Gasteiger partial charge on any atom is -0.465 e. The van der Waals surface area contributed by atoms with E-state index in [1.165, 1.54) is 17.8 Å². The Kier molecular flexibility index (Phi) is 6.12. The van der Waals surface area contributed by atoms with Crippen molar-refractivity contribution in [1.82, 2.24) is 14.9 Å². The van der Waals surface area contributed by atoms with Crippen molar-refractivity contribution < 1.29 is 18.7 Å². The first-order valence-corrected chi connectivity index (χ1v) is 11.2. The molecule has 4 rings (SSSR count). The Labute approximate surface area is 176 Å². The second-order valence-electron chi connectivity index (χ2n) is 7.87. The van der Waals surface area contributed by atoms with E-state index < -0.39 is 23.6 Å². The Bertz CT molecular complexity index is 996. The standard InChI is InChI=1S/C20H24F2N4O3S/c21-13-7-12(23-11-3-1-2-4-11)8-15-18(13)19(27)25-17(24-15)10-30-16-5-6-26(20(28)29)9-14(16)22/h7-8,11,14,16,23H,1-6,9-10H2,(H,28,29)(H,24,25,27). The zero-order valence-corrected chi connectivity index (χ0v) is 17.2. The van der Waals surface area contributed by atoms with Crippen molar-refractivity contribution in [3.05, 3.63) is 34.1 Å². The first-order valence-electron chi connectivity index (χ1n) is 10.1. The fourth-order valence-electron chi connectivity index (χ4n) is 4.16. The molecule has 2 aliphatic rings. The molecule has 2 aromatic rings. The summed E-state index contributed by atoms with van der Waals surface area (Å²) in [5, 5.41) is 11.8. The molecule has 1 amide bonds. The number of halogens is 2. The molecule has 1 aromatic heterocycles. The van der Waals surface area contributed by atoms with Crippen molar-refractivity contribution in [3.63, 3.8) is 0 Å². The van der Waals surface area contributed by atoms with Gasteiger partial charge in [-0.3, -0.25) is 4.79 Å². The van der Waals surface area contributed by atoms with Crippen molar-refractivity contribution in [2.75, 3.05) is 18.4 Å². The number of nitrogens with one attached hydrogen (secondary N) is 2. The number of alkyl halides is 1. The van der Waals surface area contributed by atoms with Gasteiger partial charge in [-0.2, -0.15) is 0 Å². The molecule has 3 N–H and O–H groups in total. The lowest BCUT2D eigenvalue weighted by Crippen LogP contribution is -2.45. The fourth-order valence-corrected chi connectivity index (χ4v) is 5.24. The molecule has 1 aliphatic heterocycles. The molecular formula is C20H24F2N4O3S. The van der Waals surface area contributed by atoms with Crippen LogP contribution < -0.4 is 10.9 Å². The summed E-state index contributed by atoms with van der Waals surface area (Å²) in [5.41, 5.74) is 0.318. The summed E-state index contributed by atoms with van der Waals surface area (Å²) in [5.74, 6) is -0.0146. The van der Waals surface area contributed by atoms with E-state index in [1.807, 2.05) is 0 Å². The number of likely N-dealkylation sites (tertiary alicyclic amines) is 1.